The largest absolute Gasteiger partial charge is 0.488 e. The summed E-state index contributed by atoms with van der Waals surface area (Å²) < 4.78 is 62.6. The molecule has 2 aromatic carbocycles. The number of halogens is 1. The van der Waals surface area contributed by atoms with Gasteiger partial charge >= 0.3 is 7.60 Å². The summed E-state index contributed by atoms with van der Waals surface area (Å²) in [6.45, 7) is 7.87. The molecule has 0 aliphatic heterocycles. The van der Waals surface area contributed by atoms with E-state index in [1.807, 2.05) is 4.72 Å². The van der Waals surface area contributed by atoms with Crippen molar-refractivity contribution in [3.05, 3.63) is 59.7 Å². The fourth-order valence-corrected chi connectivity index (χ4v) is 5.93. The van der Waals surface area contributed by atoms with Crippen molar-refractivity contribution >= 4 is 34.6 Å². The fraction of sp³-hybridized carbons (Fsp3) is 0.167. The Morgan fingerprint density at radius 1 is 1.21 bits per heavy atom. The molecule has 0 aliphatic rings. The molecule has 0 amide bonds. The van der Waals surface area contributed by atoms with E-state index < -0.39 is 34.1 Å². The Labute approximate surface area is 192 Å². The lowest BCUT2D eigenvalue weighted by Crippen LogP contribution is -2.52. The number of benzene rings is 2. The van der Waals surface area contributed by atoms with Crippen molar-refractivity contribution in [2.45, 2.75) is 4.34 Å². The highest BCUT2D eigenvalue weighted by Crippen LogP contribution is 2.42. The van der Waals surface area contributed by atoms with Crippen molar-refractivity contribution in [1.82, 2.24) is 14.9 Å². The van der Waals surface area contributed by atoms with Crippen LogP contribution in [-0.4, -0.2) is 42.9 Å². The van der Waals surface area contributed by atoms with Gasteiger partial charge in [0.2, 0.25) is 10.0 Å². The van der Waals surface area contributed by atoms with Crippen molar-refractivity contribution < 1.29 is 37.3 Å². The third-order valence-corrected chi connectivity index (χ3v) is 7.90. The van der Waals surface area contributed by atoms with Gasteiger partial charge in [-0.25, -0.2) is 22.2 Å². The molecule has 15 heteroatoms. The highest BCUT2D eigenvalue weighted by molar-refractivity contribution is 7.91. The second-order valence-electron chi connectivity index (χ2n) is 6.36. The number of quaternary nitrogens is 1. The predicted molar refractivity (Wildman–Crippen MR) is 117 cm³/mol. The van der Waals surface area contributed by atoms with Crippen molar-refractivity contribution in [2.24, 2.45) is 0 Å². The van der Waals surface area contributed by atoms with Crippen LogP contribution < -0.4 is 19.7 Å². The van der Waals surface area contributed by atoms with Gasteiger partial charge in [-0.1, -0.05) is 11.3 Å². The minimum atomic E-state index is -4.54. The van der Waals surface area contributed by atoms with Crippen molar-refractivity contribution in [3.8, 4) is 22.1 Å². The average molecular weight is 514 g/mol. The van der Waals surface area contributed by atoms with Crippen LogP contribution in [0.15, 0.2) is 46.8 Å². The first kappa shape index (κ1) is 24.7. The topological polar surface area (TPSA) is 160 Å². The number of nitrogens with one attached hydrogen (secondary N) is 1. The van der Waals surface area contributed by atoms with Crippen LogP contribution in [0.4, 0.5) is 10.1 Å². The summed E-state index contributed by atoms with van der Waals surface area (Å²) in [5.74, 6) is -0.638. The first-order chi connectivity index (χ1) is 15.6. The van der Waals surface area contributed by atoms with Crippen molar-refractivity contribution in [3.63, 3.8) is 0 Å². The molecule has 1 unspecified atom stereocenters. The van der Waals surface area contributed by atoms with E-state index in [0.717, 1.165) is 29.5 Å². The molecule has 0 saturated carbocycles. The van der Waals surface area contributed by atoms with E-state index in [4.69, 9.17) is 15.8 Å². The molecule has 1 aromatic heterocycles. The Bertz CT molecular complexity index is 1330. The molecule has 1 atom stereocenters. The maximum Gasteiger partial charge on any atom is 0.391 e. The number of ether oxygens (including phenoxy) is 1. The molecule has 11 nitrogen and oxygen atoms in total. The zero-order chi connectivity index (χ0) is 24.1. The molecule has 3 aromatic rings. The molecule has 33 heavy (non-hydrogen) atoms. The van der Waals surface area contributed by atoms with E-state index in [0.29, 0.717) is 29.5 Å². The summed E-state index contributed by atoms with van der Waals surface area (Å²) in [6.07, 6.45) is -0.991. The monoisotopic (exact) mass is 514 g/mol. The Hall–Kier alpha value is -2.92. The lowest BCUT2D eigenvalue weighted by atomic mass is 10.2. The molecule has 3 rings (SSSR count). The molecular weight excluding hydrogens is 496 g/mol. The van der Waals surface area contributed by atoms with Gasteiger partial charge in [0.25, 0.3) is 10.0 Å². The third kappa shape index (κ3) is 6.55. The Kier molecular flexibility index (Phi) is 7.75. The molecule has 174 valence electrons. The summed E-state index contributed by atoms with van der Waals surface area (Å²) in [5.41, 5.74) is 4.00. The van der Waals surface area contributed by atoms with Crippen LogP contribution in [0.25, 0.3) is 15.4 Å². The summed E-state index contributed by atoms with van der Waals surface area (Å²) in [6, 6.07) is 9.74. The van der Waals surface area contributed by atoms with E-state index in [1.165, 1.54) is 0 Å². The fourth-order valence-electron chi connectivity index (χ4n) is 2.38. The van der Waals surface area contributed by atoms with Gasteiger partial charge in [0.15, 0.2) is 0 Å². The van der Waals surface area contributed by atoms with Gasteiger partial charge in [-0.15, -0.1) is 10.2 Å². The average Bonchev–Trinajstić information content (AvgIpc) is 3.28. The lowest BCUT2D eigenvalue weighted by molar-refractivity contribution is -0.370. The van der Waals surface area contributed by atoms with E-state index in [2.05, 4.69) is 20.8 Å². The van der Waals surface area contributed by atoms with Crippen LogP contribution in [-0.2, 0) is 14.6 Å². The predicted octanol–water partition coefficient (Wildman–Crippen LogP) is 2.02. The maximum absolute atomic E-state index is 13.6. The first-order valence-corrected chi connectivity index (χ1v) is 13.2. The van der Waals surface area contributed by atoms with E-state index in [-0.39, 0.29) is 11.4 Å². The molecule has 0 fully saturated rings. The molecule has 0 aliphatic carbocycles. The molecule has 0 spiro atoms. The van der Waals surface area contributed by atoms with Crippen LogP contribution in [0.5, 0.6) is 11.5 Å². The van der Waals surface area contributed by atoms with Crippen LogP contribution in [0.2, 0.25) is 0 Å². The summed E-state index contributed by atoms with van der Waals surface area (Å²) in [4.78, 5) is 12.9. The summed E-state index contributed by atoms with van der Waals surface area (Å²) >= 11 is 0.764. The second kappa shape index (κ2) is 10.3. The van der Waals surface area contributed by atoms with Crippen LogP contribution in [0.3, 0.4) is 0 Å². The van der Waals surface area contributed by atoms with Gasteiger partial charge in [-0.3, -0.25) is 0 Å². The number of rotatable bonds is 10. The summed E-state index contributed by atoms with van der Waals surface area (Å²) in [5, 5.41) is 7.81. The molecule has 0 saturated heterocycles. The Balaban J connectivity index is 1.66. The summed E-state index contributed by atoms with van der Waals surface area (Å²) in [7, 11) is -8.81. The standard InChI is InChI=1S/C18H17FN5O6PS2/c1-21-16-7-6-14(10-15(16)19)30-31(25,26)11-22-33(27,28)18-24-23-17(32-18)12-2-4-13(5-3-12)29-9-8-20/h2-7,10,22H,8-9,11,20H2,(H,25,26)/p+1. The normalized spacial score (nSPS) is 13.2. The first-order valence-electron chi connectivity index (χ1n) is 9.17. The number of sulfonamides is 1. The van der Waals surface area contributed by atoms with Crippen molar-refractivity contribution in [2.75, 3.05) is 19.4 Å². The van der Waals surface area contributed by atoms with Gasteiger partial charge in [-0.05, 0) is 36.4 Å². The molecule has 5 N–H and O–H groups in total. The van der Waals surface area contributed by atoms with Gasteiger partial charge in [0.05, 0.1) is 6.57 Å². The van der Waals surface area contributed by atoms with Gasteiger partial charge < -0.3 is 19.9 Å². The quantitative estimate of drug-likeness (QED) is 0.274. The van der Waals surface area contributed by atoms with Gasteiger partial charge in [0, 0.05) is 11.6 Å². The SMILES string of the molecule is [C-]#[N+]c1ccc(OP(=O)(O)CNS(=O)(=O)c2nnc(-c3ccc(OCC[NH3+])cc3)s2)cc1F. The van der Waals surface area contributed by atoms with E-state index in [9.17, 15) is 22.3 Å². The van der Waals surface area contributed by atoms with Gasteiger partial charge in [0.1, 0.15) is 41.8 Å². The minimum Gasteiger partial charge on any atom is -0.488 e. The van der Waals surface area contributed by atoms with Gasteiger partial charge in [-0.2, -0.15) is 4.72 Å². The highest BCUT2D eigenvalue weighted by atomic mass is 32.2. The van der Waals surface area contributed by atoms with Crippen LogP contribution >= 0.6 is 18.9 Å². The van der Waals surface area contributed by atoms with Crippen LogP contribution in [0.1, 0.15) is 0 Å². The van der Waals surface area contributed by atoms with Crippen LogP contribution in [0, 0.1) is 12.4 Å². The third-order valence-electron chi connectivity index (χ3n) is 3.89. The molecule has 0 radical (unpaired) electrons. The van der Waals surface area contributed by atoms with Crippen molar-refractivity contribution in [1.29, 1.82) is 0 Å². The van der Waals surface area contributed by atoms with E-state index in [1.54, 1.807) is 24.3 Å². The number of aromatic nitrogens is 2. The second-order valence-corrected chi connectivity index (χ2v) is 11.1. The Morgan fingerprint density at radius 2 is 1.91 bits per heavy atom. The highest BCUT2D eigenvalue weighted by Gasteiger charge is 2.28. The minimum absolute atomic E-state index is 0.289. The smallest absolute Gasteiger partial charge is 0.391 e. The number of nitrogens with zero attached hydrogens (tertiary/aromatic N) is 3. The number of hydrogen-bond donors (Lipinski definition) is 3. The molecule has 0 bridgehead atoms. The maximum atomic E-state index is 13.6. The Morgan fingerprint density at radius 3 is 2.55 bits per heavy atom. The lowest BCUT2D eigenvalue weighted by Gasteiger charge is -2.14. The zero-order valence-electron chi connectivity index (χ0n) is 16.8. The molecule has 1 heterocycles. The zero-order valence-corrected chi connectivity index (χ0v) is 19.4. The molecular formula is C18H18FN5O6PS2+. The van der Waals surface area contributed by atoms with E-state index >= 15 is 0 Å². The number of hydrogen-bond acceptors (Lipinski definition) is 8.